The van der Waals surface area contributed by atoms with Crippen molar-refractivity contribution in [3.8, 4) is 0 Å². The smallest absolute Gasteiger partial charge is 0.418 e. The number of fused-ring (bicyclic) bond motifs is 6. The molecule has 9 aliphatic rings. The quantitative estimate of drug-likeness (QED) is 0.0230. The van der Waals surface area contributed by atoms with Gasteiger partial charge in [0, 0.05) is 50.8 Å². The van der Waals surface area contributed by atoms with E-state index in [2.05, 4.69) is 77.5 Å². The van der Waals surface area contributed by atoms with Crippen LogP contribution in [0.4, 0.5) is 24.0 Å². The van der Waals surface area contributed by atoms with Crippen LogP contribution < -0.4 is 10.6 Å². The first-order chi connectivity index (χ1) is 48.3. The van der Waals surface area contributed by atoms with E-state index in [-0.39, 0.29) is 68.2 Å². The Hall–Kier alpha value is -6.65. The van der Waals surface area contributed by atoms with Gasteiger partial charge in [0.05, 0.1) is 50.8 Å². The lowest BCUT2D eigenvalue weighted by molar-refractivity contribution is -0.929. The molecule has 12 rings (SSSR count). The second-order valence-corrected chi connectivity index (χ2v) is 31.9. The third-order valence-corrected chi connectivity index (χ3v) is 20.5. The summed E-state index contributed by atoms with van der Waals surface area (Å²) in [6, 6.07) is -3.83. The number of carbonyl (C=O) groups is 5. The van der Waals surface area contributed by atoms with E-state index in [1.165, 1.54) is 91.8 Å². The Bertz CT molecular complexity index is 3460. The van der Waals surface area contributed by atoms with E-state index < -0.39 is 80.4 Å². The van der Waals surface area contributed by atoms with E-state index in [0.717, 1.165) is 56.7 Å². The molecule has 7 aliphatic heterocycles. The molecule has 102 heavy (non-hydrogen) atoms. The minimum absolute atomic E-state index is 0.0375. The van der Waals surface area contributed by atoms with Crippen molar-refractivity contribution >= 4 is 51.1 Å². The van der Waals surface area contributed by atoms with Crippen LogP contribution in [0.1, 0.15) is 251 Å². The molecule has 0 radical (unpaired) electrons. The van der Waals surface area contributed by atoms with E-state index in [9.17, 15) is 50.6 Å². The van der Waals surface area contributed by atoms with E-state index in [0.29, 0.717) is 91.3 Å². The molecule has 6 bridgehead atoms. The molecule has 0 unspecified atom stereocenters. The average molecular weight is 1480 g/mol. The molecule has 3 aromatic rings. The molecular weight excluding hydrogens is 1370 g/mol. The summed E-state index contributed by atoms with van der Waals surface area (Å²) in [5.41, 5.74) is -1.22. The first-order valence-corrected chi connectivity index (χ1v) is 39.0. The van der Waals surface area contributed by atoms with Crippen molar-refractivity contribution in [1.82, 2.24) is 80.9 Å². The number of hydrogen-bond acceptors (Lipinski definition) is 26. The number of urea groups is 3. The minimum atomic E-state index is -5.07. The number of amides is 8. The molecule has 574 valence electrons. The maximum atomic E-state index is 12.7. The molecule has 2 saturated carbocycles. The standard InChI is InChI=1S/C18H27N5O8S.C18H27N5O5.C16H36N.C12H18N6O6S/c1-18(2,3)30-17(25)21(11-5-4-6-11)10-14-19-20-15(29-14)13-8-7-12-9-22(13)16(24)23(12)31-32(26,27)28;1-18(2,3)28-17(25)21(11-5-4-6-11)10-14-19-20-15(27-14)13-8-7-12-9-22(13)16(24)23(12)26;1-5-9-13-17(14-10-6-2,15-11-7-3)16-12-8-4;19-12-17-6-8(18(12)24-25(20,21)22)1-2-9(17)11-16-15-10(23-11)5-14-7-3-13-4-7/h11-13H,4-10H2,1-3H3,(H,26,27,28);11-13,26H,4-10H2,1-3H3;5-16H2,1-4H3;7-9,13-14H,1-6H2,(H,20,21,22)/q;;+1;/p-1/t2*12-,13+;;8-,9+/m11.1/s1. The number of piperidine rings is 3. The number of unbranched alkanes of at least 4 members (excludes halogenated alkanes) is 4. The van der Waals surface area contributed by atoms with Crippen molar-refractivity contribution in [3.63, 3.8) is 0 Å². The summed E-state index contributed by atoms with van der Waals surface area (Å²) in [4.78, 5) is 69.9. The van der Waals surface area contributed by atoms with Crippen molar-refractivity contribution in [2.24, 2.45) is 0 Å². The second kappa shape index (κ2) is 34.5. The molecule has 2 aliphatic carbocycles. The Morgan fingerprint density at radius 3 is 1.29 bits per heavy atom. The first kappa shape index (κ1) is 79.5. The maximum Gasteiger partial charge on any atom is 0.418 e. The van der Waals surface area contributed by atoms with Crippen LogP contribution in [0.25, 0.3) is 0 Å². The SMILES string of the molecule is CC(C)(C)OC(=O)N(Cc1nnc([C@@H]2CC[C@@H]3CN2C(=O)N3O)o1)C1CCC1.CC(C)(C)OC(=O)N(Cc1nnc([C@@H]2CC[C@@H]3CN2C(=O)N3OS(=O)(=O)[O-])o1)C1CCC1.CCCC[N+](CCCC)(CCCC)CCCC.O=C1N2C[C@@H](CC[C@H]2c2nnc(CNC3CNC3)o2)N1OS(=O)(=O)O. The van der Waals surface area contributed by atoms with Gasteiger partial charge in [-0.25, -0.2) is 37.5 Å². The fourth-order valence-corrected chi connectivity index (χ4v) is 14.6. The number of nitrogens with one attached hydrogen (secondary N) is 2. The van der Waals surface area contributed by atoms with Crippen LogP contribution >= 0.6 is 0 Å². The summed E-state index contributed by atoms with van der Waals surface area (Å²) in [7, 11) is -9.83. The van der Waals surface area contributed by atoms with Crippen molar-refractivity contribution < 1.29 is 90.9 Å². The van der Waals surface area contributed by atoms with Crippen LogP contribution in [0, 0.1) is 0 Å². The van der Waals surface area contributed by atoms with Gasteiger partial charge in [-0.3, -0.25) is 19.6 Å². The lowest BCUT2D eigenvalue weighted by Gasteiger charge is -2.39. The highest BCUT2D eigenvalue weighted by Gasteiger charge is 2.52. The number of ether oxygens (including phenoxy) is 2. The molecular formula is C64H107N17O19S2. The van der Waals surface area contributed by atoms with Crippen LogP contribution in [-0.2, 0) is 58.5 Å². The number of hydrogen-bond donors (Lipinski definition) is 4. The van der Waals surface area contributed by atoms with E-state index in [1.54, 1.807) is 35.5 Å². The zero-order valence-electron chi connectivity index (χ0n) is 60.7. The summed E-state index contributed by atoms with van der Waals surface area (Å²) in [6.45, 7) is 29.3. The Morgan fingerprint density at radius 2 is 0.941 bits per heavy atom. The van der Waals surface area contributed by atoms with Crippen LogP contribution in [0.2, 0.25) is 0 Å². The fraction of sp³-hybridized carbons (Fsp3) is 0.828. The molecule has 7 saturated heterocycles. The lowest BCUT2D eigenvalue weighted by Crippen LogP contribution is -2.55. The van der Waals surface area contributed by atoms with Gasteiger partial charge in [0.1, 0.15) is 42.4 Å². The molecule has 36 nitrogen and oxygen atoms in total. The van der Waals surface area contributed by atoms with Gasteiger partial charge in [0.15, 0.2) is 0 Å². The van der Waals surface area contributed by atoms with Crippen molar-refractivity contribution in [2.45, 2.75) is 283 Å². The summed E-state index contributed by atoms with van der Waals surface area (Å²) >= 11 is 0. The van der Waals surface area contributed by atoms with Gasteiger partial charge in [0.2, 0.25) is 45.7 Å². The van der Waals surface area contributed by atoms with Gasteiger partial charge >= 0.3 is 40.7 Å². The summed E-state index contributed by atoms with van der Waals surface area (Å²) < 4.78 is 102. The highest BCUT2D eigenvalue weighted by Crippen LogP contribution is 2.42. The normalized spacial score (nSPS) is 23.0. The first-order valence-electron chi connectivity index (χ1n) is 36.3. The van der Waals surface area contributed by atoms with Crippen molar-refractivity contribution in [1.29, 1.82) is 0 Å². The predicted octanol–water partition coefficient (Wildman–Crippen LogP) is 8.19. The van der Waals surface area contributed by atoms with Gasteiger partial charge in [-0.1, -0.05) is 53.4 Å². The molecule has 9 fully saturated rings. The monoisotopic (exact) mass is 1480 g/mol. The third kappa shape index (κ3) is 21.1. The van der Waals surface area contributed by atoms with Gasteiger partial charge in [-0.05, 0) is 144 Å². The molecule has 4 N–H and O–H groups in total. The zero-order valence-corrected chi connectivity index (χ0v) is 62.3. The molecule has 38 heteroatoms. The van der Waals surface area contributed by atoms with E-state index in [1.807, 2.05) is 20.8 Å². The Kier molecular flexibility index (Phi) is 26.9. The lowest BCUT2D eigenvalue weighted by atomic mass is 9.92. The molecule has 8 amide bonds. The highest BCUT2D eigenvalue weighted by atomic mass is 32.3. The maximum absolute atomic E-state index is 12.7. The van der Waals surface area contributed by atoms with Crippen LogP contribution in [0.3, 0.4) is 0 Å². The van der Waals surface area contributed by atoms with Gasteiger partial charge in [-0.2, -0.15) is 22.8 Å². The van der Waals surface area contributed by atoms with E-state index >= 15 is 0 Å². The third-order valence-electron chi connectivity index (χ3n) is 19.8. The van der Waals surface area contributed by atoms with Crippen LogP contribution in [0.5, 0.6) is 0 Å². The zero-order chi connectivity index (χ0) is 73.9. The number of hydroxylamine groups is 6. The molecule has 0 aromatic carbocycles. The molecule has 6 atom stereocenters. The average Bonchev–Trinajstić information content (AvgIpc) is 1.62. The summed E-state index contributed by atoms with van der Waals surface area (Å²) in [5.74, 6) is 1.79. The van der Waals surface area contributed by atoms with Gasteiger partial charge in [-0.15, -0.1) is 34.9 Å². The fourth-order valence-electron chi connectivity index (χ4n) is 13.8. The predicted molar refractivity (Wildman–Crippen MR) is 359 cm³/mol. The number of nitrogens with zero attached hydrogens (tertiary/aromatic N) is 15. The topological polar surface area (TPSA) is 421 Å². The second-order valence-electron chi connectivity index (χ2n) is 29.9. The molecule has 0 spiro atoms. The highest BCUT2D eigenvalue weighted by molar-refractivity contribution is 7.81. The Labute approximate surface area is 597 Å². The minimum Gasteiger partial charge on any atom is -0.724 e. The molecule has 10 heterocycles. The summed E-state index contributed by atoms with van der Waals surface area (Å²) in [5, 5.41) is 42.6. The molecule has 3 aromatic heterocycles. The van der Waals surface area contributed by atoms with Crippen molar-refractivity contribution in [3.05, 3.63) is 35.3 Å². The Balaban J connectivity index is 0.000000162. The number of aromatic nitrogens is 6. The largest absolute Gasteiger partial charge is 0.724 e. The van der Waals surface area contributed by atoms with E-state index in [4.69, 9.17) is 27.3 Å². The van der Waals surface area contributed by atoms with Crippen molar-refractivity contribution in [2.75, 3.05) is 58.9 Å². The number of rotatable bonds is 28. The summed E-state index contributed by atoms with van der Waals surface area (Å²) in [6.07, 6.45) is 19.1. The Morgan fingerprint density at radius 1 is 0.569 bits per heavy atom. The number of carbonyl (C=O) groups excluding carboxylic acids is 5. The number of quaternary nitrogens is 1. The van der Waals surface area contributed by atoms with Gasteiger partial charge < -0.3 is 57.1 Å². The van der Waals surface area contributed by atoms with Crippen LogP contribution in [-0.4, -0.2) is 243 Å². The van der Waals surface area contributed by atoms with Gasteiger partial charge in [0.25, 0.3) is 0 Å². The van der Waals surface area contributed by atoms with Crippen LogP contribution in [0.15, 0.2) is 13.3 Å².